The van der Waals surface area contributed by atoms with Crippen LogP contribution in [0.25, 0.3) is 11.3 Å². The van der Waals surface area contributed by atoms with Gasteiger partial charge in [-0.2, -0.15) is 0 Å². The maximum atomic E-state index is 13.3. The minimum Gasteiger partial charge on any atom is -0.457 e. The number of nitrogens with zero attached hydrogens (tertiary/aromatic N) is 3. The molecule has 1 aromatic heterocycles. The van der Waals surface area contributed by atoms with E-state index in [-0.39, 0.29) is 5.92 Å². The highest BCUT2D eigenvalue weighted by Gasteiger charge is 2.36. The van der Waals surface area contributed by atoms with Crippen molar-refractivity contribution in [1.29, 1.82) is 0 Å². The normalized spacial score (nSPS) is 17.9. The predicted octanol–water partition coefficient (Wildman–Crippen LogP) is 5.04. The summed E-state index contributed by atoms with van der Waals surface area (Å²) in [6, 6.07) is 17.0. The first kappa shape index (κ1) is 23.8. The average molecular weight is 489 g/mol. The van der Waals surface area contributed by atoms with Crippen molar-refractivity contribution in [2.24, 2.45) is 11.7 Å². The summed E-state index contributed by atoms with van der Waals surface area (Å²) in [7, 11) is 0. The summed E-state index contributed by atoms with van der Waals surface area (Å²) in [6.07, 6.45) is 3.37. The highest BCUT2D eigenvalue weighted by atomic mass is 19.1. The lowest BCUT2D eigenvalue weighted by Gasteiger charge is -2.37. The molecule has 2 N–H and O–H groups in total. The number of nitrogens with two attached hydrogens (primary N) is 1. The van der Waals surface area contributed by atoms with E-state index in [0.717, 1.165) is 42.8 Å². The van der Waals surface area contributed by atoms with Gasteiger partial charge < -0.3 is 19.9 Å². The van der Waals surface area contributed by atoms with E-state index in [1.165, 1.54) is 4.90 Å². The molecular weight excluding hydrogens is 459 g/mol. The number of piperidine rings is 1. The number of amides is 2. The van der Waals surface area contributed by atoms with Gasteiger partial charge in [0.25, 0.3) is 11.8 Å². The Kier molecular flexibility index (Phi) is 6.59. The molecule has 3 heterocycles. The number of primary amides is 1. The number of likely N-dealkylation sites (tertiary alicyclic amines) is 1. The van der Waals surface area contributed by atoms with Gasteiger partial charge in [-0.3, -0.25) is 9.59 Å². The number of para-hydroxylation sites is 1. The van der Waals surface area contributed by atoms with Crippen molar-refractivity contribution in [3.05, 3.63) is 78.5 Å². The Labute approximate surface area is 209 Å². The van der Waals surface area contributed by atoms with Crippen LogP contribution in [0.5, 0.6) is 11.5 Å². The van der Waals surface area contributed by atoms with Gasteiger partial charge in [-0.25, -0.2) is 9.37 Å². The van der Waals surface area contributed by atoms with Gasteiger partial charge in [0.15, 0.2) is 5.83 Å². The zero-order valence-corrected chi connectivity index (χ0v) is 20.0. The van der Waals surface area contributed by atoms with Crippen LogP contribution in [0.2, 0.25) is 0 Å². The van der Waals surface area contributed by atoms with Crippen molar-refractivity contribution in [1.82, 2.24) is 14.5 Å². The molecule has 2 aliphatic heterocycles. The lowest BCUT2D eigenvalue weighted by Crippen LogP contribution is -2.40. The summed E-state index contributed by atoms with van der Waals surface area (Å²) in [5, 5.41) is 0. The molecule has 0 aliphatic carbocycles. The summed E-state index contributed by atoms with van der Waals surface area (Å²) < 4.78 is 21.2. The van der Waals surface area contributed by atoms with E-state index in [1.54, 1.807) is 0 Å². The molecule has 0 bridgehead atoms. The fourth-order valence-corrected chi connectivity index (χ4v) is 5.46. The van der Waals surface area contributed by atoms with Gasteiger partial charge in [0.1, 0.15) is 28.7 Å². The van der Waals surface area contributed by atoms with Crippen LogP contribution >= 0.6 is 0 Å². The maximum absolute atomic E-state index is 13.3. The molecule has 1 fully saturated rings. The van der Waals surface area contributed by atoms with Crippen LogP contribution in [0.1, 0.15) is 47.9 Å². The number of fused-ring (bicyclic) bond motifs is 1. The number of carbonyl (C=O) groups is 2. The molecule has 1 saturated heterocycles. The Morgan fingerprint density at radius 1 is 0.972 bits per heavy atom. The van der Waals surface area contributed by atoms with E-state index in [1.807, 2.05) is 59.2 Å². The largest absolute Gasteiger partial charge is 0.457 e. The molecule has 7 nitrogen and oxygen atoms in total. The maximum Gasteiger partial charge on any atom is 0.281 e. The Morgan fingerprint density at radius 3 is 2.28 bits per heavy atom. The van der Waals surface area contributed by atoms with Gasteiger partial charge in [-0.05, 0) is 68.0 Å². The van der Waals surface area contributed by atoms with Gasteiger partial charge in [0, 0.05) is 31.1 Å². The number of benzene rings is 2. The van der Waals surface area contributed by atoms with E-state index < -0.39 is 17.6 Å². The molecule has 186 valence electrons. The molecule has 1 unspecified atom stereocenters. The lowest BCUT2D eigenvalue weighted by atomic mass is 9.79. The first-order valence-corrected chi connectivity index (χ1v) is 12.3. The third-order valence-corrected chi connectivity index (χ3v) is 7.19. The molecule has 2 amide bonds. The second kappa shape index (κ2) is 9.97. The molecule has 5 rings (SSSR count). The molecule has 2 aliphatic rings. The number of carbonyl (C=O) groups excluding carboxylic acids is 2. The Morgan fingerprint density at radius 2 is 1.64 bits per heavy atom. The van der Waals surface area contributed by atoms with E-state index in [4.69, 9.17) is 15.5 Å². The molecule has 0 radical (unpaired) electrons. The van der Waals surface area contributed by atoms with Crippen LogP contribution < -0.4 is 10.5 Å². The fraction of sp³-hybridized carbons (Fsp3) is 0.321. The molecule has 0 saturated carbocycles. The zero-order valence-electron chi connectivity index (χ0n) is 20.0. The van der Waals surface area contributed by atoms with Crippen molar-refractivity contribution < 1.29 is 18.7 Å². The van der Waals surface area contributed by atoms with Crippen LogP contribution in [0, 0.1) is 5.92 Å². The summed E-state index contributed by atoms with van der Waals surface area (Å²) in [5.74, 6) is 0.687. The number of ether oxygens (including phenoxy) is 1. The molecule has 8 heteroatoms. The zero-order chi connectivity index (χ0) is 25.2. The minimum atomic E-state index is -0.919. The van der Waals surface area contributed by atoms with Crippen molar-refractivity contribution >= 4 is 11.8 Å². The third-order valence-electron chi connectivity index (χ3n) is 7.19. The Balaban J connectivity index is 1.40. The van der Waals surface area contributed by atoms with Crippen LogP contribution in [-0.2, 0) is 11.3 Å². The Hall–Kier alpha value is -3.94. The Bertz CT molecular complexity index is 1280. The quantitative estimate of drug-likeness (QED) is 0.492. The lowest BCUT2D eigenvalue weighted by molar-refractivity contribution is -0.130. The topological polar surface area (TPSA) is 90.4 Å². The third kappa shape index (κ3) is 4.63. The van der Waals surface area contributed by atoms with Crippen molar-refractivity contribution in [2.45, 2.75) is 38.1 Å². The standard InChI is InChI=1S/C28H29FN4O3/c1-18(29)28(35)32-16-13-19(14-17-32)23-8-5-15-33-25(26(30)34)24(31-27(23)33)20-9-11-22(12-10-20)36-21-6-3-2-4-7-21/h2-4,6-7,9-12,19,23H,1,5,8,13-17H2,(H2,30,34). The highest BCUT2D eigenvalue weighted by molar-refractivity contribution is 5.97. The van der Waals surface area contributed by atoms with Crippen molar-refractivity contribution in [3.63, 3.8) is 0 Å². The average Bonchev–Trinajstić information content (AvgIpc) is 3.29. The smallest absolute Gasteiger partial charge is 0.281 e. The highest BCUT2D eigenvalue weighted by Crippen LogP contribution is 2.41. The van der Waals surface area contributed by atoms with Crippen LogP contribution in [-0.4, -0.2) is 39.4 Å². The minimum absolute atomic E-state index is 0.150. The fourth-order valence-electron chi connectivity index (χ4n) is 5.46. The molecule has 0 spiro atoms. The molecule has 3 aromatic rings. The second-order valence-electron chi connectivity index (χ2n) is 9.41. The van der Waals surface area contributed by atoms with Crippen molar-refractivity contribution in [2.75, 3.05) is 13.1 Å². The molecular formula is C28H29FN4O3. The van der Waals surface area contributed by atoms with Gasteiger partial charge in [0.05, 0.1) is 0 Å². The monoisotopic (exact) mass is 488 g/mol. The summed E-state index contributed by atoms with van der Waals surface area (Å²) in [5.41, 5.74) is 7.65. The van der Waals surface area contributed by atoms with Crippen molar-refractivity contribution in [3.8, 4) is 22.8 Å². The first-order chi connectivity index (χ1) is 17.4. The summed E-state index contributed by atoms with van der Waals surface area (Å²) in [4.78, 5) is 31.0. The molecule has 36 heavy (non-hydrogen) atoms. The van der Waals surface area contributed by atoms with E-state index >= 15 is 0 Å². The number of hydrogen-bond donors (Lipinski definition) is 1. The molecule has 1 atom stereocenters. The number of imidazole rings is 1. The second-order valence-corrected chi connectivity index (χ2v) is 9.41. The van der Waals surface area contributed by atoms with E-state index in [2.05, 4.69) is 6.58 Å². The summed E-state index contributed by atoms with van der Waals surface area (Å²) in [6.45, 7) is 4.79. The number of hydrogen-bond acceptors (Lipinski definition) is 4. The van der Waals surface area contributed by atoms with Crippen LogP contribution in [0.4, 0.5) is 4.39 Å². The van der Waals surface area contributed by atoms with E-state index in [0.29, 0.717) is 42.7 Å². The van der Waals surface area contributed by atoms with E-state index in [9.17, 15) is 14.0 Å². The first-order valence-electron chi connectivity index (χ1n) is 12.3. The number of aromatic nitrogens is 2. The van der Waals surface area contributed by atoms with Gasteiger partial charge in [0.2, 0.25) is 0 Å². The SMILES string of the molecule is C=C(F)C(=O)N1CCC(C2CCCn3c2nc(-c2ccc(Oc4ccccc4)cc2)c3C(N)=O)CC1. The van der Waals surface area contributed by atoms with Gasteiger partial charge in [-0.15, -0.1) is 0 Å². The summed E-state index contributed by atoms with van der Waals surface area (Å²) >= 11 is 0. The predicted molar refractivity (Wildman–Crippen MR) is 134 cm³/mol. The van der Waals surface area contributed by atoms with Gasteiger partial charge >= 0.3 is 0 Å². The van der Waals surface area contributed by atoms with Crippen LogP contribution in [0.3, 0.4) is 0 Å². The number of halogens is 1. The van der Waals surface area contributed by atoms with Crippen LogP contribution in [0.15, 0.2) is 67.0 Å². The number of rotatable bonds is 6. The molecule has 2 aromatic carbocycles. The van der Waals surface area contributed by atoms with Gasteiger partial charge in [-0.1, -0.05) is 24.8 Å².